The molecule has 0 radical (unpaired) electrons. The molecule has 0 heterocycles. The minimum Gasteiger partial charge on any atom is -0.478 e. The number of carboxylic acids is 1. The number of primary amides is 1. The number of carbonyl (C=O) groups excluding carboxylic acids is 1. The van der Waals surface area contributed by atoms with Crippen LogP contribution in [0.3, 0.4) is 0 Å². The van der Waals surface area contributed by atoms with E-state index < -0.39 is 21.9 Å². The van der Waals surface area contributed by atoms with Crippen LogP contribution in [0.15, 0.2) is 17.0 Å². The van der Waals surface area contributed by atoms with E-state index in [0.29, 0.717) is 0 Å². The van der Waals surface area contributed by atoms with E-state index in [0.717, 1.165) is 0 Å². The minimum absolute atomic E-state index is 0.00973. The third-order valence-electron chi connectivity index (χ3n) is 2.74. The van der Waals surface area contributed by atoms with Crippen LogP contribution in [0.25, 0.3) is 0 Å². The molecule has 0 unspecified atom stereocenters. The standard InChI is InChI=1S/C12H15ClN2O5S/c1-7-9(12(17)18)5-8(13)6-10(7)21(19,20)15-4-2-3-11(14)16/h5-6,15H,2-4H2,1H3,(H2,14,16)(H,17,18). The van der Waals surface area contributed by atoms with Crippen LogP contribution < -0.4 is 10.5 Å². The van der Waals surface area contributed by atoms with Crippen molar-refractivity contribution < 1.29 is 23.1 Å². The van der Waals surface area contributed by atoms with E-state index in [9.17, 15) is 18.0 Å². The number of nitrogens with one attached hydrogen (secondary N) is 1. The lowest BCUT2D eigenvalue weighted by molar-refractivity contribution is -0.118. The zero-order chi connectivity index (χ0) is 16.2. The van der Waals surface area contributed by atoms with E-state index in [1.165, 1.54) is 19.1 Å². The number of hydrogen-bond donors (Lipinski definition) is 3. The summed E-state index contributed by atoms with van der Waals surface area (Å²) in [4.78, 5) is 21.4. The quantitative estimate of drug-likeness (QED) is 0.638. The topological polar surface area (TPSA) is 127 Å². The minimum atomic E-state index is -3.92. The summed E-state index contributed by atoms with van der Waals surface area (Å²) in [6.07, 6.45) is 0.303. The van der Waals surface area contributed by atoms with Crippen molar-refractivity contribution in [3.63, 3.8) is 0 Å². The molecule has 0 aliphatic rings. The van der Waals surface area contributed by atoms with E-state index >= 15 is 0 Å². The Kier molecular flexibility index (Phi) is 5.70. The lowest BCUT2D eigenvalue weighted by Crippen LogP contribution is -2.27. The fourth-order valence-corrected chi connectivity index (χ4v) is 3.35. The number of aromatic carboxylic acids is 1. The van der Waals surface area contributed by atoms with Crippen LogP contribution in [0.4, 0.5) is 0 Å². The molecule has 4 N–H and O–H groups in total. The number of nitrogens with two attached hydrogens (primary N) is 1. The first-order chi connectivity index (χ1) is 9.65. The normalized spacial score (nSPS) is 11.3. The highest BCUT2D eigenvalue weighted by atomic mass is 35.5. The Morgan fingerprint density at radius 3 is 2.52 bits per heavy atom. The molecule has 116 valence electrons. The van der Waals surface area contributed by atoms with Crippen molar-refractivity contribution in [3.05, 3.63) is 28.3 Å². The Hall–Kier alpha value is -1.64. The van der Waals surface area contributed by atoms with Crippen molar-refractivity contribution >= 4 is 33.5 Å². The predicted octanol–water partition coefficient (Wildman–Crippen LogP) is 0.890. The van der Waals surface area contributed by atoms with Crippen LogP contribution in [0, 0.1) is 6.92 Å². The van der Waals surface area contributed by atoms with E-state index in [2.05, 4.69) is 4.72 Å². The summed E-state index contributed by atoms with van der Waals surface area (Å²) in [5, 5.41) is 9.04. The molecule has 0 aliphatic carbocycles. The van der Waals surface area contributed by atoms with Gasteiger partial charge in [-0.05, 0) is 31.0 Å². The largest absolute Gasteiger partial charge is 0.478 e. The Labute approximate surface area is 127 Å². The van der Waals surface area contributed by atoms with Gasteiger partial charge >= 0.3 is 5.97 Å². The van der Waals surface area contributed by atoms with E-state index in [-0.39, 0.29) is 40.4 Å². The molecule has 1 rings (SSSR count). The third-order valence-corrected chi connectivity index (χ3v) is 4.54. The van der Waals surface area contributed by atoms with E-state index in [1.807, 2.05) is 0 Å². The average molecular weight is 335 g/mol. The van der Waals surface area contributed by atoms with Gasteiger partial charge in [-0.25, -0.2) is 17.9 Å². The second kappa shape index (κ2) is 6.88. The number of rotatable bonds is 7. The summed E-state index contributed by atoms with van der Waals surface area (Å²) in [7, 11) is -3.92. The van der Waals surface area contributed by atoms with Gasteiger partial charge < -0.3 is 10.8 Å². The smallest absolute Gasteiger partial charge is 0.336 e. The molecule has 0 aliphatic heterocycles. The van der Waals surface area contributed by atoms with Gasteiger partial charge in [0.15, 0.2) is 0 Å². The second-order valence-electron chi connectivity index (χ2n) is 4.35. The first-order valence-corrected chi connectivity index (χ1v) is 7.82. The van der Waals surface area contributed by atoms with Crippen molar-refractivity contribution in [2.45, 2.75) is 24.7 Å². The molecule has 9 heteroatoms. The second-order valence-corrected chi connectivity index (χ2v) is 6.52. The molecule has 0 spiro atoms. The molecule has 21 heavy (non-hydrogen) atoms. The summed E-state index contributed by atoms with van der Waals surface area (Å²) >= 11 is 5.76. The molecule has 0 bridgehead atoms. The monoisotopic (exact) mass is 334 g/mol. The highest BCUT2D eigenvalue weighted by Gasteiger charge is 2.21. The highest BCUT2D eigenvalue weighted by molar-refractivity contribution is 7.89. The van der Waals surface area contributed by atoms with E-state index in [1.54, 1.807) is 0 Å². The Morgan fingerprint density at radius 2 is 2.00 bits per heavy atom. The van der Waals surface area contributed by atoms with Crippen LogP contribution in [-0.2, 0) is 14.8 Å². The Balaban J connectivity index is 3.03. The van der Waals surface area contributed by atoms with Gasteiger partial charge in [0.05, 0.1) is 10.5 Å². The van der Waals surface area contributed by atoms with Crippen molar-refractivity contribution in [3.8, 4) is 0 Å². The number of halogens is 1. The number of sulfonamides is 1. The zero-order valence-electron chi connectivity index (χ0n) is 11.2. The SMILES string of the molecule is Cc1c(C(=O)O)cc(Cl)cc1S(=O)(=O)NCCCC(N)=O. The first-order valence-electron chi connectivity index (χ1n) is 5.96. The number of carboxylic acid groups (broad SMARTS) is 1. The van der Waals surface area contributed by atoms with Crippen molar-refractivity contribution in [2.24, 2.45) is 5.73 Å². The van der Waals surface area contributed by atoms with Crippen LogP contribution >= 0.6 is 11.6 Å². The van der Waals surface area contributed by atoms with Gasteiger partial charge in [-0.15, -0.1) is 0 Å². The van der Waals surface area contributed by atoms with Gasteiger partial charge in [0.1, 0.15) is 0 Å². The summed E-state index contributed by atoms with van der Waals surface area (Å²) in [6, 6.07) is 2.37. The number of amides is 1. The van der Waals surface area contributed by atoms with Gasteiger partial charge in [0.25, 0.3) is 0 Å². The molecule has 0 fully saturated rings. The maximum Gasteiger partial charge on any atom is 0.336 e. The highest BCUT2D eigenvalue weighted by Crippen LogP contribution is 2.24. The summed E-state index contributed by atoms with van der Waals surface area (Å²) in [5.74, 6) is -1.79. The third kappa shape index (κ3) is 4.69. The lowest BCUT2D eigenvalue weighted by Gasteiger charge is -2.11. The van der Waals surface area contributed by atoms with Crippen molar-refractivity contribution in [1.82, 2.24) is 4.72 Å². The number of carbonyl (C=O) groups is 2. The molecule has 1 aromatic rings. The number of benzene rings is 1. The van der Waals surface area contributed by atoms with E-state index in [4.69, 9.17) is 22.4 Å². The van der Waals surface area contributed by atoms with Gasteiger partial charge in [-0.3, -0.25) is 4.79 Å². The molecule has 0 saturated heterocycles. The zero-order valence-corrected chi connectivity index (χ0v) is 12.8. The molecular formula is C12H15ClN2O5S. The average Bonchev–Trinajstić information content (AvgIpc) is 2.36. The van der Waals surface area contributed by atoms with Gasteiger partial charge in [-0.1, -0.05) is 11.6 Å². The molecule has 0 aromatic heterocycles. The first kappa shape index (κ1) is 17.4. The van der Waals surface area contributed by atoms with Crippen LogP contribution in [-0.4, -0.2) is 31.9 Å². The molecule has 0 saturated carbocycles. The Morgan fingerprint density at radius 1 is 1.38 bits per heavy atom. The van der Waals surface area contributed by atoms with Gasteiger partial charge in [0.2, 0.25) is 15.9 Å². The molecular weight excluding hydrogens is 320 g/mol. The van der Waals surface area contributed by atoms with Crippen molar-refractivity contribution in [1.29, 1.82) is 0 Å². The van der Waals surface area contributed by atoms with Crippen LogP contribution in [0.5, 0.6) is 0 Å². The Bertz CT molecular complexity index is 672. The molecule has 7 nitrogen and oxygen atoms in total. The predicted molar refractivity (Wildman–Crippen MR) is 76.8 cm³/mol. The maximum atomic E-state index is 12.1. The maximum absolute atomic E-state index is 12.1. The van der Waals surface area contributed by atoms with Crippen LogP contribution in [0.1, 0.15) is 28.8 Å². The van der Waals surface area contributed by atoms with Crippen molar-refractivity contribution in [2.75, 3.05) is 6.54 Å². The summed E-state index contributed by atoms with van der Waals surface area (Å²) in [6.45, 7) is 1.40. The fourth-order valence-electron chi connectivity index (χ4n) is 1.70. The number of hydrogen-bond acceptors (Lipinski definition) is 4. The van der Waals surface area contributed by atoms with Gasteiger partial charge in [-0.2, -0.15) is 0 Å². The van der Waals surface area contributed by atoms with Crippen LogP contribution in [0.2, 0.25) is 5.02 Å². The molecule has 1 aromatic carbocycles. The fraction of sp³-hybridized carbons (Fsp3) is 0.333. The molecule has 0 atom stereocenters. The lowest BCUT2D eigenvalue weighted by atomic mass is 10.1. The molecule has 1 amide bonds. The summed E-state index contributed by atoms with van der Waals surface area (Å²) < 4.78 is 26.6. The van der Waals surface area contributed by atoms with Gasteiger partial charge in [0, 0.05) is 18.0 Å². The summed E-state index contributed by atoms with van der Waals surface area (Å²) in [5.41, 5.74) is 4.86.